The first kappa shape index (κ1) is 16.0. The predicted octanol–water partition coefficient (Wildman–Crippen LogP) is 2.69. The van der Waals surface area contributed by atoms with Gasteiger partial charge in [0.1, 0.15) is 12.0 Å². The zero-order chi connectivity index (χ0) is 15.9. The van der Waals surface area contributed by atoms with Crippen LogP contribution in [0.25, 0.3) is 0 Å². The third-order valence-corrected chi connectivity index (χ3v) is 4.18. The lowest BCUT2D eigenvalue weighted by molar-refractivity contribution is 0.218. The summed E-state index contributed by atoms with van der Waals surface area (Å²) in [5.74, 6) is 1.59. The van der Waals surface area contributed by atoms with Crippen LogP contribution in [0, 0.1) is 5.92 Å². The van der Waals surface area contributed by atoms with E-state index in [0.29, 0.717) is 5.92 Å². The van der Waals surface area contributed by atoms with Gasteiger partial charge < -0.3 is 14.6 Å². The van der Waals surface area contributed by atoms with E-state index in [2.05, 4.69) is 46.7 Å². The highest BCUT2D eigenvalue weighted by Gasteiger charge is 2.13. The molecular weight excluding hydrogens is 290 g/mol. The maximum atomic E-state index is 5.91. The van der Waals surface area contributed by atoms with Gasteiger partial charge in [-0.3, -0.25) is 4.90 Å². The third-order valence-electron chi connectivity index (χ3n) is 4.18. The fourth-order valence-electron chi connectivity index (χ4n) is 2.93. The Morgan fingerprint density at radius 2 is 2.13 bits per heavy atom. The van der Waals surface area contributed by atoms with Crippen LogP contribution in [-0.4, -0.2) is 36.8 Å². The number of hydrogen-bond donors (Lipinski definition) is 1. The molecule has 2 heterocycles. The molecule has 1 aliphatic heterocycles. The van der Waals surface area contributed by atoms with Gasteiger partial charge in [-0.25, -0.2) is 0 Å². The molecule has 1 N–H and O–H groups in total. The smallest absolute Gasteiger partial charge is 0.124 e. The summed E-state index contributed by atoms with van der Waals surface area (Å²) in [6, 6.07) is 10.3. The lowest BCUT2D eigenvalue weighted by Gasteiger charge is -2.22. The van der Waals surface area contributed by atoms with Crippen molar-refractivity contribution in [1.82, 2.24) is 15.4 Å². The van der Waals surface area contributed by atoms with E-state index in [1.54, 1.807) is 6.26 Å². The topological polar surface area (TPSA) is 50.5 Å². The van der Waals surface area contributed by atoms with Crippen molar-refractivity contribution in [3.8, 4) is 5.75 Å². The van der Waals surface area contributed by atoms with Crippen LogP contribution in [0.2, 0.25) is 0 Å². The van der Waals surface area contributed by atoms with Crippen molar-refractivity contribution in [3.05, 3.63) is 47.9 Å². The van der Waals surface area contributed by atoms with E-state index in [1.807, 2.05) is 6.07 Å². The summed E-state index contributed by atoms with van der Waals surface area (Å²) in [6.07, 6.45) is 4.12. The van der Waals surface area contributed by atoms with Crippen molar-refractivity contribution in [2.45, 2.75) is 25.9 Å². The fraction of sp³-hybridized carbons (Fsp3) is 0.500. The van der Waals surface area contributed by atoms with Crippen molar-refractivity contribution in [3.63, 3.8) is 0 Å². The second kappa shape index (κ2) is 8.13. The van der Waals surface area contributed by atoms with Crippen molar-refractivity contribution in [2.24, 2.45) is 5.92 Å². The lowest BCUT2D eigenvalue weighted by atomic mass is 10.0. The van der Waals surface area contributed by atoms with Gasteiger partial charge >= 0.3 is 0 Å². The highest BCUT2D eigenvalue weighted by Crippen LogP contribution is 2.17. The van der Waals surface area contributed by atoms with Crippen molar-refractivity contribution in [2.75, 3.05) is 26.7 Å². The molecule has 3 rings (SSSR count). The summed E-state index contributed by atoms with van der Waals surface area (Å²) >= 11 is 0. The molecular formula is C18H25N3O2. The number of piperidine rings is 1. The van der Waals surface area contributed by atoms with E-state index in [9.17, 15) is 0 Å². The molecule has 1 saturated heterocycles. The molecule has 0 unspecified atom stereocenters. The first-order chi connectivity index (χ1) is 11.3. The van der Waals surface area contributed by atoms with E-state index < -0.39 is 0 Å². The van der Waals surface area contributed by atoms with Crippen LogP contribution < -0.4 is 10.1 Å². The fourth-order valence-corrected chi connectivity index (χ4v) is 2.93. The van der Waals surface area contributed by atoms with Crippen molar-refractivity contribution < 1.29 is 9.26 Å². The van der Waals surface area contributed by atoms with Gasteiger partial charge in [-0.15, -0.1) is 0 Å². The Balaban J connectivity index is 1.44. The van der Waals surface area contributed by atoms with Gasteiger partial charge in [-0.05, 0) is 44.1 Å². The Morgan fingerprint density at radius 3 is 2.83 bits per heavy atom. The number of rotatable bonds is 7. The molecule has 1 aromatic carbocycles. The SMILES string of the molecule is CN(Cc1ccc(OC[C@@H]2CCCNC2)cc1)Cc1ccon1. The molecule has 1 aliphatic rings. The van der Waals surface area contributed by atoms with Gasteiger partial charge in [0.05, 0.1) is 12.3 Å². The Morgan fingerprint density at radius 1 is 1.26 bits per heavy atom. The van der Waals surface area contributed by atoms with E-state index in [1.165, 1.54) is 18.4 Å². The Hall–Kier alpha value is -1.85. The summed E-state index contributed by atoms with van der Waals surface area (Å²) in [4.78, 5) is 2.21. The lowest BCUT2D eigenvalue weighted by Crippen LogP contribution is -2.33. The van der Waals surface area contributed by atoms with Crippen LogP contribution in [0.1, 0.15) is 24.1 Å². The quantitative estimate of drug-likeness (QED) is 0.851. The second-order valence-electron chi connectivity index (χ2n) is 6.33. The largest absolute Gasteiger partial charge is 0.493 e. The van der Waals surface area contributed by atoms with Crippen molar-refractivity contribution in [1.29, 1.82) is 0 Å². The minimum Gasteiger partial charge on any atom is -0.493 e. The maximum Gasteiger partial charge on any atom is 0.124 e. The summed E-state index contributed by atoms with van der Waals surface area (Å²) in [6.45, 7) is 4.68. The molecule has 0 radical (unpaired) electrons. The summed E-state index contributed by atoms with van der Waals surface area (Å²) < 4.78 is 10.8. The Bertz CT molecular complexity index is 562. The molecule has 0 spiro atoms. The monoisotopic (exact) mass is 315 g/mol. The summed E-state index contributed by atoms with van der Waals surface area (Å²) in [5, 5.41) is 7.36. The Kier molecular flexibility index (Phi) is 5.66. The zero-order valence-electron chi connectivity index (χ0n) is 13.7. The molecule has 0 aliphatic carbocycles. The number of ether oxygens (including phenoxy) is 1. The van der Waals surface area contributed by atoms with Gasteiger partial charge in [0.2, 0.25) is 0 Å². The number of hydrogen-bond acceptors (Lipinski definition) is 5. The van der Waals surface area contributed by atoms with Gasteiger partial charge in [0.15, 0.2) is 0 Å². The molecule has 0 amide bonds. The summed E-state index contributed by atoms with van der Waals surface area (Å²) in [7, 11) is 2.08. The first-order valence-corrected chi connectivity index (χ1v) is 8.30. The molecule has 2 aromatic rings. The van der Waals surface area contributed by atoms with Gasteiger partial charge in [-0.2, -0.15) is 0 Å². The normalized spacial score (nSPS) is 18.3. The van der Waals surface area contributed by atoms with E-state index in [0.717, 1.165) is 44.2 Å². The number of nitrogens with zero attached hydrogens (tertiary/aromatic N) is 2. The predicted molar refractivity (Wildman–Crippen MR) is 89.2 cm³/mol. The molecule has 1 atom stereocenters. The number of benzene rings is 1. The standard InChI is InChI=1S/C18H25N3O2/c1-21(13-17-8-10-23-20-17)12-15-4-6-18(7-5-15)22-14-16-3-2-9-19-11-16/h4-8,10,16,19H,2-3,9,11-14H2,1H3/t16-/m1/s1. The zero-order valence-corrected chi connectivity index (χ0v) is 13.7. The average molecular weight is 315 g/mol. The minimum atomic E-state index is 0.636. The van der Waals surface area contributed by atoms with Crippen LogP contribution in [0.5, 0.6) is 5.75 Å². The highest BCUT2D eigenvalue weighted by atomic mass is 16.5. The van der Waals surface area contributed by atoms with Crippen LogP contribution in [0.3, 0.4) is 0 Å². The third kappa shape index (κ3) is 5.08. The highest BCUT2D eigenvalue weighted by molar-refractivity contribution is 5.27. The van der Waals surface area contributed by atoms with Crippen LogP contribution in [-0.2, 0) is 13.1 Å². The number of nitrogens with one attached hydrogen (secondary N) is 1. The molecule has 5 nitrogen and oxygen atoms in total. The molecule has 1 aromatic heterocycles. The molecule has 0 saturated carbocycles. The van der Waals surface area contributed by atoms with Gasteiger partial charge in [0.25, 0.3) is 0 Å². The van der Waals surface area contributed by atoms with Crippen LogP contribution in [0.15, 0.2) is 41.1 Å². The van der Waals surface area contributed by atoms with Crippen LogP contribution >= 0.6 is 0 Å². The second-order valence-corrected chi connectivity index (χ2v) is 6.33. The molecule has 124 valence electrons. The van der Waals surface area contributed by atoms with Crippen LogP contribution in [0.4, 0.5) is 0 Å². The molecule has 5 heteroatoms. The minimum absolute atomic E-state index is 0.636. The van der Waals surface area contributed by atoms with Gasteiger partial charge in [0, 0.05) is 31.6 Å². The number of aromatic nitrogens is 1. The molecule has 23 heavy (non-hydrogen) atoms. The molecule has 1 fully saturated rings. The average Bonchev–Trinajstić information content (AvgIpc) is 3.08. The maximum absolute atomic E-state index is 5.91. The first-order valence-electron chi connectivity index (χ1n) is 8.30. The van der Waals surface area contributed by atoms with E-state index >= 15 is 0 Å². The van der Waals surface area contributed by atoms with Crippen molar-refractivity contribution >= 4 is 0 Å². The molecule has 0 bridgehead atoms. The Labute approximate surface area is 137 Å². The van der Waals surface area contributed by atoms with Gasteiger partial charge in [-0.1, -0.05) is 17.3 Å². The summed E-state index contributed by atoms with van der Waals surface area (Å²) in [5.41, 5.74) is 2.22. The van der Waals surface area contributed by atoms with E-state index in [4.69, 9.17) is 9.26 Å². The van der Waals surface area contributed by atoms with E-state index in [-0.39, 0.29) is 0 Å².